The van der Waals surface area contributed by atoms with E-state index in [9.17, 15) is 4.79 Å². The van der Waals surface area contributed by atoms with Crippen molar-refractivity contribution in [2.45, 2.75) is 91.4 Å². The number of rotatable bonds is 6. The molecule has 24 heavy (non-hydrogen) atoms. The van der Waals surface area contributed by atoms with Crippen molar-refractivity contribution in [3.63, 3.8) is 0 Å². The first-order valence-electron chi connectivity index (χ1n) is 9.17. The van der Waals surface area contributed by atoms with Gasteiger partial charge in [-0.2, -0.15) is 0 Å². The molecule has 0 saturated heterocycles. The Hall–Kier alpha value is -1.35. The molecule has 1 aromatic carbocycles. The zero-order chi connectivity index (χ0) is 18.5. The molecule has 0 atom stereocenters. The largest absolute Gasteiger partial charge is 0.294 e. The van der Waals surface area contributed by atoms with Crippen LogP contribution in [-0.2, 0) is 28.5 Å². The van der Waals surface area contributed by atoms with Gasteiger partial charge in [-0.15, -0.1) is 0 Å². The van der Waals surface area contributed by atoms with Gasteiger partial charge >= 0.3 is 0 Å². The minimum atomic E-state index is -0.111. The molecular weight excluding hydrogens is 296 g/mol. The third kappa shape index (κ3) is 5.62. The Morgan fingerprint density at radius 3 is 1.88 bits per heavy atom. The summed E-state index contributed by atoms with van der Waals surface area (Å²) in [5, 5.41) is 0. The predicted molar refractivity (Wildman–Crippen MR) is 103 cm³/mol. The van der Waals surface area contributed by atoms with Crippen LogP contribution < -0.4 is 11.3 Å². The molecule has 0 aliphatic heterocycles. The topological polar surface area (TPSA) is 55.1 Å². The summed E-state index contributed by atoms with van der Waals surface area (Å²) in [5.41, 5.74) is 7.99. The Bertz CT molecular complexity index is 527. The molecule has 3 nitrogen and oxygen atoms in total. The summed E-state index contributed by atoms with van der Waals surface area (Å²) in [5.74, 6) is 5.10. The van der Waals surface area contributed by atoms with Crippen molar-refractivity contribution in [3.05, 3.63) is 34.4 Å². The number of unbranched alkanes of at least 4 members (excludes halogenated alkanes) is 1. The van der Waals surface area contributed by atoms with Gasteiger partial charge in [0, 0.05) is 6.42 Å². The molecule has 0 spiro atoms. The number of hydrogen-bond acceptors (Lipinski definition) is 2. The van der Waals surface area contributed by atoms with Gasteiger partial charge in [-0.05, 0) is 52.3 Å². The molecule has 0 radical (unpaired) electrons. The summed E-state index contributed by atoms with van der Waals surface area (Å²) in [6, 6.07) is 4.62. The van der Waals surface area contributed by atoms with E-state index in [0.717, 1.165) is 12.8 Å². The number of hydrogen-bond donors (Lipinski definition) is 2. The zero-order valence-corrected chi connectivity index (χ0v) is 16.7. The van der Waals surface area contributed by atoms with Crippen LogP contribution in [0.25, 0.3) is 0 Å². The van der Waals surface area contributed by atoms with Crippen molar-refractivity contribution in [2.24, 2.45) is 5.84 Å². The minimum Gasteiger partial charge on any atom is -0.294 e. The fourth-order valence-corrected chi connectivity index (χ4v) is 3.17. The lowest BCUT2D eigenvalue weighted by Crippen LogP contribution is -2.30. The lowest BCUT2D eigenvalue weighted by molar-refractivity contribution is -0.121. The van der Waals surface area contributed by atoms with Crippen molar-refractivity contribution in [1.29, 1.82) is 0 Å². The normalized spacial score (nSPS) is 12.3. The van der Waals surface area contributed by atoms with Gasteiger partial charge in [0.1, 0.15) is 0 Å². The van der Waals surface area contributed by atoms with Crippen molar-refractivity contribution in [3.8, 4) is 0 Å². The third-order valence-electron chi connectivity index (χ3n) is 4.51. The first-order valence-corrected chi connectivity index (χ1v) is 9.17. The van der Waals surface area contributed by atoms with Gasteiger partial charge in [0.25, 0.3) is 0 Å². The number of benzene rings is 1. The number of carbonyl (C=O) groups excluding carboxylic acids is 1. The average Bonchev–Trinajstić information content (AvgIpc) is 2.48. The quantitative estimate of drug-likeness (QED) is 0.456. The van der Waals surface area contributed by atoms with E-state index in [2.05, 4.69) is 66.0 Å². The van der Waals surface area contributed by atoms with E-state index >= 15 is 0 Å². The molecule has 0 aliphatic carbocycles. The SMILES string of the molecule is CCCCc1c(C(C)(C)C)cc(CCC(=O)NN)cc1C(C)(C)C. The van der Waals surface area contributed by atoms with Crippen molar-refractivity contribution < 1.29 is 4.79 Å². The van der Waals surface area contributed by atoms with Gasteiger partial charge < -0.3 is 0 Å². The summed E-state index contributed by atoms with van der Waals surface area (Å²) in [6.07, 6.45) is 4.69. The molecule has 1 aromatic rings. The number of aryl methyl sites for hydroxylation is 1. The first-order chi connectivity index (χ1) is 11.0. The highest BCUT2D eigenvalue weighted by Crippen LogP contribution is 2.36. The van der Waals surface area contributed by atoms with E-state index in [-0.39, 0.29) is 16.7 Å². The Balaban J connectivity index is 3.42. The highest BCUT2D eigenvalue weighted by Gasteiger charge is 2.26. The molecule has 1 amide bonds. The molecule has 0 fully saturated rings. The predicted octanol–water partition coefficient (Wildman–Crippen LogP) is 4.55. The number of nitrogens with one attached hydrogen (secondary N) is 1. The maximum absolute atomic E-state index is 11.5. The minimum absolute atomic E-state index is 0.0925. The van der Waals surface area contributed by atoms with Crippen molar-refractivity contribution >= 4 is 5.91 Å². The lowest BCUT2D eigenvalue weighted by atomic mass is 9.74. The molecule has 0 heterocycles. The molecule has 0 saturated carbocycles. The van der Waals surface area contributed by atoms with Crippen LogP contribution in [0.15, 0.2) is 12.1 Å². The van der Waals surface area contributed by atoms with Crippen LogP contribution in [0, 0.1) is 0 Å². The first kappa shape index (κ1) is 20.7. The number of carbonyl (C=O) groups is 1. The summed E-state index contributed by atoms with van der Waals surface area (Å²) >= 11 is 0. The Labute approximate surface area is 148 Å². The smallest absolute Gasteiger partial charge is 0.234 e. The summed E-state index contributed by atoms with van der Waals surface area (Å²) in [7, 11) is 0. The van der Waals surface area contributed by atoms with E-state index in [1.807, 2.05) is 0 Å². The second kappa shape index (κ2) is 8.15. The Morgan fingerprint density at radius 2 is 1.50 bits per heavy atom. The highest BCUT2D eigenvalue weighted by molar-refractivity contribution is 5.75. The monoisotopic (exact) mass is 332 g/mol. The molecule has 3 N–H and O–H groups in total. The number of amides is 1. The number of nitrogens with two attached hydrogens (primary N) is 1. The van der Waals surface area contributed by atoms with E-state index in [1.165, 1.54) is 35.1 Å². The number of hydrazine groups is 1. The van der Waals surface area contributed by atoms with Gasteiger partial charge in [-0.25, -0.2) is 5.84 Å². The molecule has 1 rings (SSSR count). The summed E-state index contributed by atoms with van der Waals surface area (Å²) < 4.78 is 0. The van der Waals surface area contributed by atoms with E-state index in [1.54, 1.807) is 0 Å². The van der Waals surface area contributed by atoms with E-state index in [4.69, 9.17) is 5.84 Å². The molecule has 0 bridgehead atoms. The van der Waals surface area contributed by atoms with Crippen molar-refractivity contribution in [2.75, 3.05) is 0 Å². The van der Waals surface area contributed by atoms with Crippen LogP contribution >= 0.6 is 0 Å². The van der Waals surface area contributed by atoms with Crippen LogP contribution in [-0.4, -0.2) is 5.91 Å². The fraction of sp³-hybridized carbons (Fsp3) is 0.667. The van der Waals surface area contributed by atoms with Gasteiger partial charge in [0.15, 0.2) is 0 Å². The van der Waals surface area contributed by atoms with Crippen LogP contribution in [0.5, 0.6) is 0 Å². The van der Waals surface area contributed by atoms with Gasteiger partial charge in [0.2, 0.25) is 5.91 Å². The van der Waals surface area contributed by atoms with Crippen molar-refractivity contribution in [1.82, 2.24) is 5.43 Å². The lowest BCUT2D eigenvalue weighted by Gasteiger charge is -2.31. The second-order valence-electron chi connectivity index (χ2n) is 8.84. The van der Waals surface area contributed by atoms with E-state index in [0.29, 0.717) is 6.42 Å². The Morgan fingerprint density at radius 1 is 1.00 bits per heavy atom. The van der Waals surface area contributed by atoms with Crippen LogP contribution in [0.3, 0.4) is 0 Å². The molecule has 0 aromatic heterocycles. The zero-order valence-electron chi connectivity index (χ0n) is 16.7. The van der Waals surface area contributed by atoms with Gasteiger partial charge in [-0.1, -0.05) is 67.0 Å². The summed E-state index contributed by atoms with van der Waals surface area (Å²) in [4.78, 5) is 11.5. The molecular formula is C21H36N2O. The maximum atomic E-state index is 11.5. The standard InChI is InChI=1S/C21H36N2O/c1-8-9-10-16-17(20(2,3)4)13-15(11-12-19(24)23-22)14-18(16)21(5,6)7/h13-14H,8-12,22H2,1-7H3,(H,23,24). The van der Waals surface area contributed by atoms with Crippen LogP contribution in [0.2, 0.25) is 0 Å². The Kier molecular flexibility index (Phi) is 7.03. The molecule has 3 heteroatoms. The van der Waals surface area contributed by atoms with Gasteiger partial charge in [0.05, 0.1) is 0 Å². The van der Waals surface area contributed by atoms with Gasteiger partial charge in [-0.3, -0.25) is 10.2 Å². The van der Waals surface area contributed by atoms with Crippen LogP contribution in [0.1, 0.15) is 90.0 Å². The summed E-state index contributed by atoms with van der Waals surface area (Å²) in [6.45, 7) is 15.9. The molecule has 0 aliphatic rings. The average molecular weight is 333 g/mol. The fourth-order valence-electron chi connectivity index (χ4n) is 3.17. The third-order valence-corrected chi connectivity index (χ3v) is 4.51. The molecule has 0 unspecified atom stereocenters. The van der Waals surface area contributed by atoms with Crippen LogP contribution in [0.4, 0.5) is 0 Å². The maximum Gasteiger partial charge on any atom is 0.234 e. The van der Waals surface area contributed by atoms with E-state index < -0.39 is 0 Å². The second-order valence-corrected chi connectivity index (χ2v) is 8.84. The highest BCUT2D eigenvalue weighted by atomic mass is 16.2. The molecule has 136 valence electrons.